The number of fused-ring (bicyclic) bond motifs is 1. The third kappa shape index (κ3) is 8.67. The van der Waals surface area contributed by atoms with Gasteiger partial charge in [-0.25, -0.2) is 0 Å². The molecule has 0 bridgehead atoms. The fourth-order valence-electron chi connectivity index (χ4n) is 5.64. The Morgan fingerprint density at radius 1 is 1.11 bits per heavy atom. The predicted octanol–water partition coefficient (Wildman–Crippen LogP) is 6.64. The molecule has 5 nitrogen and oxygen atoms in total. The van der Waals surface area contributed by atoms with Crippen molar-refractivity contribution in [1.29, 1.82) is 0 Å². The molecule has 5 heteroatoms. The van der Waals surface area contributed by atoms with Crippen LogP contribution in [0.4, 0.5) is 0 Å². The average Bonchev–Trinajstić information content (AvgIpc) is 2.76. The summed E-state index contributed by atoms with van der Waals surface area (Å²) in [6.45, 7) is 14.1. The number of hydrogen-bond donors (Lipinski definition) is 0. The minimum absolute atomic E-state index is 0.000191. The zero-order valence-corrected chi connectivity index (χ0v) is 23.5. The number of carbonyl (C=O) groups is 4. The molecule has 1 aliphatic rings. The fraction of sp³-hybridized carbons (Fsp3) is 0.677. The first-order valence-corrected chi connectivity index (χ1v) is 13.7. The summed E-state index contributed by atoms with van der Waals surface area (Å²) in [7, 11) is 0. The Morgan fingerprint density at radius 3 is 2.39 bits per heavy atom. The summed E-state index contributed by atoms with van der Waals surface area (Å²) >= 11 is 0. The van der Waals surface area contributed by atoms with Crippen LogP contribution in [0.3, 0.4) is 0 Å². The second kappa shape index (κ2) is 13.3. The van der Waals surface area contributed by atoms with E-state index in [1.807, 2.05) is 40.7 Å². The lowest BCUT2D eigenvalue weighted by Gasteiger charge is -2.32. The van der Waals surface area contributed by atoms with Crippen LogP contribution in [0.2, 0.25) is 0 Å². The number of Topliss-reactive ketones (excluding diaryl/α,β-unsaturated/α-hetero) is 3. The van der Waals surface area contributed by atoms with E-state index in [0.717, 1.165) is 54.4 Å². The number of rotatable bonds is 13. The highest BCUT2D eigenvalue weighted by Gasteiger charge is 2.33. The molecule has 36 heavy (non-hydrogen) atoms. The van der Waals surface area contributed by atoms with Gasteiger partial charge >= 0.3 is 5.97 Å². The smallest absolute Gasteiger partial charge is 0.306 e. The molecular weight excluding hydrogens is 452 g/mol. The van der Waals surface area contributed by atoms with Gasteiger partial charge < -0.3 is 4.74 Å². The van der Waals surface area contributed by atoms with Crippen LogP contribution in [0.5, 0.6) is 0 Å². The molecule has 0 fully saturated rings. The van der Waals surface area contributed by atoms with Crippen molar-refractivity contribution in [2.24, 2.45) is 23.2 Å². The number of benzene rings is 1. The van der Waals surface area contributed by atoms with E-state index < -0.39 is 0 Å². The molecule has 0 N–H and O–H groups in total. The normalized spacial score (nSPS) is 17.3. The van der Waals surface area contributed by atoms with Crippen molar-refractivity contribution in [2.45, 2.75) is 106 Å². The number of ketones is 3. The summed E-state index contributed by atoms with van der Waals surface area (Å²) in [5.41, 5.74) is 3.85. The fourth-order valence-corrected chi connectivity index (χ4v) is 5.64. The summed E-state index contributed by atoms with van der Waals surface area (Å²) in [6, 6.07) is 4.04. The highest BCUT2D eigenvalue weighted by Crippen LogP contribution is 2.37. The minimum atomic E-state index is -0.212. The van der Waals surface area contributed by atoms with Crippen molar-refractivity contribution < 1.29 is 23.9 Å². The van der Waals surface area contributed by atoms with Crippen molar-refractivity contribution in [1.82, 2.24) is 0 Å². The van der Waals surface area contributed by atoms with E-state index in [2.05, 4.69) is 13.0 Å². The van der Waals surface area contributed by atoms with Gasteiger partial charge in [-0.3, -0.25) is 19.2 Å². The molecule has 1 aromatic carbocycles. The number of esters is 1. The Kier molecular flexibility index (Phi) is 11.1. The largest absolute Gasteiger partial charge is 0.465 e. The van der Waals surface area contributed by atoms with Gasteiger partial charge in [-0.1, -0.05) is 59.6 Å². The molecule has 0 aliphatic heterocycles. The molecule has 1 aliphatic carbocycles. The lowest BCUT2D eigenvalue weighted by atomic mass is 9.71. The lowest BCUT2D eigenvalue weighted by Crippen LogP contribution is -2.30. The van der Waals surface area contributed by atoms with Crippen LogP contribution in [0.15, 0.2) is 12.1 Å². The number of hydrogen-bond acceptors (Lipinski definition) is 5. The molecule has 0 aromatic heterocycles. The summed E-state index contributed by atoms with van der Waals surface area (Å²) in [4.78, 5) is 50.1. The minimum Gasteiger partial charge on any atom is -0.465 e. The first-order chi connectivity index (χ1) is 16.9. The maximum atomic E-state index is 13.3. The molecule has 200 valence electrons. The van der Waals surface area contributed by atoms with E-state index in [4.69, 9.17) is 4.74 Å². The molecule has 3 atom stereocenters. The van der Waals surface area contributed by atoms with Gasteiger partial charge in [-0.15, -0.1) is 0 Å². The molecule has 2 rings (SSSR count). The van der Waals surface area contributed by atoms with Gasteiger partial charge in [0.25, 0.3) is 0 Å². The highest BCUT2D eigenvalue weighted by molar-refractivity contribution is 6.00. The summed E-state index contributed by atoms with van der Waals surface area (Å²) < 4.78 is 5.44. The third-order valence-electron chi connectivity index (χ3n) is 7.27. The van der Waals surface area contributed by atoms with E-state index >= 15 is 0 Å². The second-order valence-corrected chi connectivity index (χ2v) is 12.0. The Labute approximate surface area is 217 Å². The van der Waals surface area contributed by atoms with Crippen LogP contribution in [-0.2, 0) is 32.0 Å². The summed E-state index contributed by atoms with van der Waals surface area (Å²) in [5.74, 6) is 0.0961. The Hall–Kier alpha value is -2.30. The molecule has 3 unspecified atom stereocenters. The van der Waals surface area contributed by atoms with E-state index in [1.165, 1.54) is 6.92 Å². The monoisotopic (exact) mass is 498 g/mol. The summed E-state index contributed by atoms with van der Waals surface area (Å²) in [5, 5.41) is 0. The molecular formula is C31H46O5. The molecule has 0 spiro atoms. The van der Waals surface area contributed by atoms with Crippen molar-refractivity contribution in [3.63, 3.8) is 0 Å². The SMILES string of the molecule is CCCC(CC1CC(=O)c2c(C)ccc(CCC(=O)OCC(C)(C)C)c2C1)C(CC)C(=O)CC(C)=O. The maximum Gasteiger partial charge on any atom is 0.306 e. The van der Waals surface area contributed by atoms with E-state index in [0.29, 0.717) is 25.9 Å². The van der Waals surface area contributed by atoms with E-state index in [-0.39, 0.29) is 52.9 Å². The molecule has 0 heterocycles. The Morgan fingerprint density at radius 2 is 1.81 bits per heavy atom. The van der Waals surface area contributed by atoms with Crippen molar-refractivity contribution >= 4 is 23.3 Å². The predicted molar refractivity (Wildman–Crippen MR) is 143 cm³/mol. The van der Waals surface area contributed by atoms with Gasteiger partial charge in [-0.2, -0.15) is 0 Å². The molecule has 0 amide bonds. The number of aryl methyl sites for hydroxylation is 2. The zero-order chi connectivity index (χ0) is 27.0. The van der Waals surface area contributed by atoms with Crippen molar-refractivity contribution in [3.05, 3.63) is 34.4 Å². The first kappa shape index (κ1) is 29.9. The average molecular weight is 499 g/mol. The quantitative estimate of drug-likeness (QED) is 0.225. The van der Waals surface area contributed by atoms with Gasteiger partial charge in [0.2, 0.25) is 0 Å². The second-order valence-electron chi connectivity index (χ2n) is 12.0. The topological polar surface area (TPSA) is 77.5 Å². The van der Waals surface area contributed by atoms with Crippen LogP contribution < -0.4 is 0 Å². The van der Waals surface area contributed by atoms with Gasteiger partial charge in [-0.05, 0) is 73.5 Å². The van der Waals surface area contributed by atoms with Crippen molar-refractivity contribution in [3.8, 4) is 0 Å². The standard InChI is InChI=1S/C31H46O5/c1-8-10-24(25(9-2)27(33)15-21(4)32)16-22-17-26-23(12-11-20(3)30(26)28(34)18-22)13-14-29(35)36-19-31(5,6)7/h11-12,22,24-25H,8-10,13-19H2,1-7H3. The first-order valence-electron chi connectivity index (χ1n) is 13.7. The highest BCUT2D eigenvalue weighted by atomic mass is 16.5. The molecule has 0 saturated heterocycles. The number of carbonyl (C=O) groups excluding carboxylic acids is 4. The van der Waals surface area contributed by atoms with Crippen molar-refractivity contribution in [2.75, 3.05) is 6.61 Å². The van der Waals surface area contributed by atoms with Gasteiger partial charge in [0.05, 0.1) is 13.0 Å². The maximum absolute atomic E-state index is 13.3. The summed E-state index contributed by atoms with van der Waals surface area (Å²) in [6.07, 6.45) is 5.53. The third-order valence-corrected chi connectivity index (χ3v) is 7.27. The Bertz CT molecular complexity index is 952. The Balaban J connectivity index is 2.21. The molecule has 1 aromatic rings. The van der Waals surface area contributed by atoms with E-state index in [1.54, 1.807) is 0 Å². The van der Waals surface area contributed by atoms with Crippen LogP contribution in [-0.4, -0.2) is 29.9 Å². The zero-order valence-electron chi connectivity index (χ0n) is 23.5. The van der Waals surface area contributed by atoms with Crippen LogP contribution >= 0.6 is 0 Å². The van der Waals surface area contributed by atoms with E-state index in [9.17, 15) is 19.2 Å². The van der Waals surface area contributed by atoms with Gasteiger partial charge in [0.15, 0.2) is 5.78 Å². The molecule has 0 radical (unpaired) electrons. The van der Waals surface area contributed by atoms with Crippen LogP contribution in [0.1, 0.15) is 114 Å². The van der Waals surface area contributed by atoms with Gasteiger partial charge in [0.1, 0.15) is 11.6 Å². The number of ether oxygens (including phenoxy) is 1. The van der Waals surface area contributed by atoms with Gasteiger partial charge in [0, 0.05) is 24.3 Å². The lowest BCUT2D eigenvalue weighted by molar-refractivity contribution is -0.146. The van der Waals surface area contributed by atoms with Crippen LogP contribution in [0, 0.1) is 30.1 Å². The molecule has 0 saturated carbocycles. The van der Waals surface area contributed by atoms with Crippen LogP contribution in [0.25, 0.3) is 0 Å².